The molecule has 0 aromatic heterocycles. The predicted molar refractivity (Wildman–Crippen MR) is 126 cm³/mol. The fourth-order valence-corrected chi connectivity index (χ4v) is 9.12. The molecule has 3 nitrogen and oxygen atoms in total. The van der Waals surface area contributed by atoms with Crippen molar-refractivity contribution in [1.29, 1.82) is 0 Å². The minimum atomic E-state index is -0.195. The van der Waals surface area contributed by atoms with Crippen molar-refractivity contribution in [3.8, 4) is 0 Å². The quantitative estimate of drug-likeness (QED) is 0.445. The average Bonchev–Trinajstić information content (AvgIpc) is 3.34. The molecule has 1 spiro atoms. The minimum Gasteiger partial charge on any atom is -0.393 e. The number of carbonyl (C=O) groups excluding carboxylic acids is 1. The van der Waals surface area contributed by atoms with Gasteiger partial charge in [0.15, 0.2) is 5.78 Å². The number of benzene rings is 1. The summed E-state index contributed by atoms with van der Waals surface area (Å²) in [5.41, 5.74) is 1.25. The van der Waals surface area contributed by atoms with Crippen LogP contribution < -0.4 is 0 Å². The molecule has 0 bridgehead atoms. The van der Waals surface area contributed by atoms with Crippen LogP contribution in [0.2, 0.25) is 5.02 Å². The summed E-state index contributed by atoms with van der Waals surface area (Å²) in [7, 11) is 0. The molecule has 32 heavy (non-hydrogen) atoms. The van der Waals surface area contributed by atoms with Crippen LogP contribution in [0.4, 0.5) is 0 Å². The third kappa shape index (κ3) is 2.90. The molecular formula is C28H35ClO3. The summed E-state index contributed by atoms with van der Waals surface area (Å²) in [4.78, 5) is 13.3. The molecule has 0 radical (unpaired) electrons. The number of ether oxygens (including phenoxy) is 1. The number of hydrogen-bond donors (Lipinski definition) is 1. The highest BCUT2D eigenvalue weighted by Crippen LogP contribution is 2.73. The summed E-state index contributed by atoms with van der Waals surface area (Å²) in [6.45, 7) is 4.87. The maximum absolute atomic E-state index is 13.3. The Balaban J connectivity index is 1.22. The zero-order chi connectivity index (χ0) is 22.3. The smallest absolute Gasteiger partial charge is 0.159 e. The van der Waals surface area contributed by atoms with Gasteiger partial charge in [-0.2, -0.15) is 0 Å². The van der Waals surface area contributed by atoms with Crippen molar-refractivity contribution >= 4 is 23.5 Å². The molecule has 5 aliphatic rings. The second-order valence-electron chi connectivity index (χ2n) is 11.9. The molecule has 1 aromatic rings. The van der Waals surface area contributed by atoms with E-state index in [1.807, 2.05) is 36.4 Å². The number of rotatable bonds is 3. The van der Waals surface area contributed by atoms with E-state index in [-0.39, 0.29) is 28.5 Å². The van der Waals surface area contributed by atoms with Crippen LogP contribution in [-0.2, 0) is 9.53 Å². The Kier molecular flexibility index (Phi) is 4.79. The van der Waals surface area contributed by atoms with Crippen molar-refractivity contribution in [3.63, 3.8) is 0 Å². The van der Waals surface area contributed by atoms with Gasteiger partial charge in [-0.25, -0.2) is 0 Å². The van der Waals surface area contributed by atoms with Gasteiger partial charge in [-0.05, 0) is 91.9 Å². The van der Waals surface area contributed by atoms with Crippen LogP contribution in [0, 0.1) is 34.5 Å². The van der Waals surface area contributed by atoms with Gasteiger partial charge in [-0.1, -0.05) is 43.7 Å². The van der Waals surface area contributed by atoms with E-state index in [1.54, 1.807) is 0 Å². The van der Waals surface area contributed by atoms with Crippen molar-refractivity contribution < 1.29 is 14.6 Å². The van der Waals surface area contributed by atoms with Gasteiger partial charge in [0.2, 0.25) is 0 Å². The van der Waals surface area contributed by atoms with Crippen LogP contribution in [0.15, 0.2) is 30.3 Å². The fourth-order valence-electron chi connectivity index (χ4n) is 8.99. The lowest BCUT2D eigenvalue weighted by atomic mass is 9.44. The predicted octanol–water partition coefficient (Wildman–Crippen LogP) is 6.07. The first kappa shape index (κ1) is 21.4. The molecule has 172 valence electrons. The fraction of sp³-hybridized carbons (Fsp3) is 0.679. The first-order valence-electron chi connectivity index (χ1n) is 12.6. The van der Waals surface area contributed by atoms with Crippen molar-refractivity contribution in [1.82, 2.24) is 0 Å². The Bertz CT molecular complexity index is 956. The number of fused-ring (bicyclic) bond motifs is 4. The largest absolute Gasteiger partial charge is 0.393 e. The Morgan fingerprint density at radius 1 is 1.09 bits per heavy atom. The van der Waals surface area contributed by atoms with Gasteiger partial charge in [-0.3, -0.25) is 4.79 Å². The van der Waals surface area contributed by atoms with E-state index in [1.165, 1.54) is 12.8 Å². The average molecular weight is 455 g/mol. The molecule has 0 amide bonds. The highest BCUT2D eigenvalue weighted by atomic mass is 35.5. The zero-order valence-electron chi connectivity index (χ0n) is 19.2. The maximum atomic E-state index is 13.3. The molecule has 5 fully saturated rings. The van der Waals surface area contributed by atoms with Gasteiger partial charge in [0, 0.05) is 22.8 Å². The summed E-state index contributed by atoms with van der Waals surface area (Å²) in [6.07, 6.45) is 12.4. The van der Waals surface area contributed by atoms with Gasteiger partial charge < -0.3 is 9.84 Å². The molecule has 1 aliphatic heterocycles. The van der Waals surface area contributed by atoms with Crippen LogP contribution in [-0.4, -0.2) is 28.7 Å². The van der Waals surface area contributed by atoms with Gasteiger partial charge >= 0.3 is 0 Å². The van der Waals surface area contributed by atoms with Crippen molar-refractivity contribution in [2.24, 2.45) is 34.5 Å². The SMILES string of the molecule is C[C@]12CC[C@H]3[C@@H](C[C@@H]4O[C@@]45C[C@@H](O)CC[C@]35C)[C@@H]1CC[C@@H]2C(=O)/C=C/c1ccc(Cl)cc1. The van der Waals surface area contributed by atoms with Crippen LogP contribution in [0.1, 0.15) is 70.8 Å². The van der Waals surface area contributed by atoms with Crippen LogP contribution in [0.3, 0.4) is 0 Å². The van der Waals surface area contributed by atoms with E-state index < -0.39 is 0 Å². The lowest BCUT2D eigenvalue weighted by molar-refractivity contribution is -0.131. The Labute approximate surface area is 196 Å². The summed E-state index contributed by atoms with van der Waals surface area (Å²) in [5.74, 6) is 2.37. The van der Waals surface area contributed by atoms with Crippen molar-refractivity contribution in [2.75, 3.05) is 0 Å². The second-order valence-corrected chi connectivity index (χ2v) is 12.3. The lowest BCUT2D eigenvalue weighted by Crippen LogP contribution is -2.58. The van der Waals surface area contributed by atoms with Crippen molar-refractivity contribution in [2.45, 2.75) is 83.0 Å². The number of aliphatic hydroxyl groups is 1. The lowest BCUT2D eigenvalue weighted by Gasteiger charge is -2.59. The van der Waals surface area contributed by atoms with Gasteiger partial charge in [0.25, 0.3) is 0 Å². The third-order valence-corrected chi connectivity index (χ3v) is 11.0. The number of ketones is 1. The van der Waals surface area contributed by atoms with Crippen LogP contribution >= 0.6 is 11.6 Å². The molecule has 1 aromatic carbocycles. The van der Waals surface area contributed by atoms with E-state index in [0.717, 1.165) is 44.1 Å². The molecule has 0 unspecified atom stereocenters. The number of aliphatic hydroxyl groups excluding tert-OH is 1. The highest BCUT2D eigenvalue weighted by Gasteiger charge is 2.76. The maximum Gasteiger partial charge on any atom is 0.159 e. The highest BCUT2D eigenvalue weighted by molar-refractivity contribution is 6.30. The molecule has 4 heteroatoms. The summed E-state index contributed by atoms with van der Waals surface area (Å²) < 4.78 is 6.44. The summed E-state index contributed by atoms with van der Waals surface area (Å²) in [6, 6.07) is 7.66. The van der Waals surface area contributed by atoms with E-state index in [9.17, 15) is 9.90 Å². The number of halogens is 1. The van der Waals surface area contributed by atoms with E-state index in [0.29, 0.717) is 34.7 Å². The van der Waals surface area contributed by atoms with Gasteiger partial charge in [-0.15, -0.1) is 0 Å². The molecule has 1 saturated heterocycles. The van der Waals surface area contributed by atoms with Crippen molar-refractivity contribution in [3.05, 3.63) is 40.9 Å². The summed E-state index contributed by atoms with van der Waals surface area (Å²) in [5, 5.41) is 11.1. The monoisotopic (exact) mass is 454 g/mol. The molecule has 1 heterocycles. The molecule has 9 atom stereocenters. The zero-order valence-corrected chi connectivity index (χ0v) is 20.0. The van der Waals surface area contributed by atoms with E-state index >= 15 is 0 Å². The Morgan fingerprint density at radius 2 is 1.88 bits per heavy atom. The molecule has 1 N–H and O–H groups in total. The second kappa shape index (κ2) is 7.17. The number of allylic oxidation sites excluding steroid dienone is 1. The first-order valence-corrected chi connectivity index (χ1v) is 13.0. The Hall–Kier alpha value is -1.16. The van der Waals surface area contributed by atoms with E-state index in [2.05, 4.69) is 13.8 Å². The normalized spacial score (nSPS) is 49.1. The van der Waals surface area contributed by atoms with Gasteiger partial charge in [0.05, 0.1) is 12.2 Å². The minimum absolute atomic E-state index is 0.0608. The topological polar surface area (TPSA) is 49.8 Å². The Morgan fingerprint density at radius 3 is 2.66 bits per heavy atom. The molecule has 6 rings (SSSR count). The molecule has 4 saturated carbocycles. The van der Waals surface area contributed by atoms with Crippen LogP contribution in [0.5, 0.6) is 0 Å². The third-order valence-electron chi connectivity index (χ3n) is 10.7. The molecular weight excluding hydrogens is 420 g/mol. The number of epoxide rings is 1. The number of hydrogen-bond acceptors (Lipinski definition) is 3. The van der Waals surface area contributed by atoms with Gasteiger partial charge in [0.1, 0.15) is 5.60 Å². The van der Waals surface area contributed by atoms with Crippen LogP contribution in [0.25, 0.3) is 6.08 Å². The first-order chi connectivity index (χ1) is 15.3. The standard InChI is InChI=1S/C28H35ClO3/c1-26-13-12-22-20(15-25-28(32-25)16-19(30)11-14-27(22,28)2)21(26)8-9-23(26)24(31)10-5-17-3-6-18(29)7-4-17/h3-7,10,19-23,25,30H,8-9,11-16H2,1-2H3/b10-5+/t19-,20-,21-,22-,23+,25-,26-,27+,28-/m0/s1. The van der Waals surface area contributed by atoms with E-state index in [4.69, 9.17) is 16.3 Å². The summed E-state index contributed by atoms with van der Waals surface area (Å²) >= 11 is 5.99. The molecule has 4 aliphatic carbocycles. The number of carbonyl (C=O) groups is 1.